The first kappa shape index (κ1) is 60.4. The van der Waals surface area contributed by atoms with Crippen molar-refractivity contribution in [2.45, 2.75) is 294 Å². The molecule has 11 heteroatoms. The molecule has 1 fully saturated rings. The fourth-order valence-electron chi connectivity index (χ4n) is 8.55. The molecule has 1 rings (SSSR count). The summed E-state index contributed by atoms with van der Waals surface area (Å²) in [5, 5.41) is 54.3. The zero-order valence-corrected chi connectivity index (χ0v) is 41.3. The number of hydrogen-bond acceptors (Lipinski definition) is 10. The summed E-state index contributed by atoms with van der Waals surface area (Å²) in [4.78, 5) is 25.0. The molecule has 0 saturated carbocycles. The topological polar surface area (TPSA) is 175 Å². The van der Waals surface area contributed by atoms with Crippen molar-refractivity contribution in [2.75, 3.05) is 19.8 Å². The van der Waals surface area contributed by atoms with Crippen molar-refractivity contribution in [3.8, 4) is 0 Å². The van der Waals surface area contributed by atoms with Crippen LogP contribution in [-0.2, 0) is 23.8 Å². The van der Waals surface area contributed by atoms with E-state index in [4.69, 9.17) is 14.2 Å². The van der Waals surface area contributed by atoms with Gasteiger partial charge in [0.2, 0.25) is 5.91 Å². The molecule has 1 saturated heterocycles. The lowest BCUT2D eigenvalue weighted by molar-refractivity contribution is -0.302. The molecule has 6 N–H and O–H groups in total. The molecule has 11 nitrogen and oxygen atoms in total. The summed E-state index contributed by atoms with van der Waals surface area (Å²) in [5.74, 6) is -0.230. The van der Waals surface area contributed by atoms with Crippen LogP contribution in [0.3, 0.4) is 0 Å². The highest BCUT2D eigenvalue weighted by Gasteiger charge is 2.44. The lowest BCUT2D eigenvalue weighted by atomic mass is 9.99. The maximum atomic E-state index is 13.0. The highest BCUT2D eigenvalue weighted by Crippen LogP contribution is 2.23. The van der Waals surface area contributed by atoms with Gasteiger partial charge in [-0.15, -0.1) is 0 Å². The second-order valence-corrected chi connectivity index (χ2v) is 18.9. The van der Waals surface area contributed by atoms with E-state index in [0.29, 0.717) is 19.4 Å². The maximum Gasteiger partial charge on any atom is 0.305 e. The van der Waals surface area contributed by atoms with E-state index >= 15 is 0 Å². The number of amides is 1. The van der Waals surface area contributed by atoms with E-state index in [2.05, 4.69) is 19.2 Å². The summed E-state index contributed by atoms with van der Waals surface area (Å²) in [6.07, 6.45) is 38.5. The van der Waals surface area contributed by atoms with Gasteiger partial charge in [0.15, 0.2) is 6.29 Å². The van der Waals surface area contributed by atoms with Crippen LogP contribution in [0.5, 0.6) is 0 Å². The molecule has 0 aliphatic carbocycles. The van der Waals surface area contributed by atoms with E-state index in [9.17, 15) is 35.1 Å². The molecule has 0 spiro atoms. The van der Waals surface area contributed by atoms with Crippen LogP contribution in [0, 0.1) is 0 Å². The smallest absolute Gasteiger partial charge is 0.305 e. The molecule has 64 heavy (non-hydrogen) atoms. The lowest BCUT2D eigenvalue weighted by Gasteiger charge is -2.40. The molecule has 0 aromatic rings. The van der Waals surface area contributed by atoms with Gasteiger partial charge in [0.1, 0.15) is 24.4 Å². The number of ether oxygens (including phenoxy) is 3. The molecule has 7 unspecified atom stereocenters. The van der Waals surface area contributed by atoms with Crippen molar-refractivity contribution >= 4 is 11.9 Å². The van der Waals surface area contributed by atoms with Gasteiger partial charge < -0.3 is 45.1 Å². The molecular weight excluding hydrogens is 811 g/mol. The Balaban J connectivity index is 2.19. The number of esters is 1. The molecule has 7 atom stereocenters. The van der Waals surface area contributed by atoms with Crippen molar-refractivity contribution in [1.82, 2.24) is 5.32 Å². The number of aliphatic hydroxyl groups excluding tert-OH is 5. The summed E-state index contributed by atoms with van der Waals surface area (Å²) in [6.45, 7) is 4.28. The Bertz CT molecular complexity index is 1080. The number of hydrogen-bond donors (Lipinski definition) is 6. The first-order valence-electron chi connectivity index (χ1n) is 27.0. The van der Waals surface area contributed by atoms with Gasteiger partial charge in [-0.05, 0) is 32.1 Å². The highest BCUT2D eigenvalue weighted by molar-refractivity contribution is 5.76. The molecule has 1 heterocycles. The first-order chi connectivity index (χ1) is 31.2. The Hall–Kier alpha value is -1.60. The van der Waals surface area contributed by atoms with Crippen molar-refractivity contribution in [2.24, 2.45) is 0 Å². The summed E-state index contributed by atoms with van der Waals surface area (Å²) in [7, 11) is 0. The normalized spacial score (nSPS) is 19.9. The number of rotatable bonds is 46. The molecule has 0 aromatic heterocycles. The molecule has 378 valence electrons. The molecular formula is C53H101NO10. The average Bonchev–Trinajstić information content (AvgIpc) is 3.29. The Labute approximate surface area is 391 Å². The van der Waals surface area contributed by atoms with E-state index in [1.165, 1.54) is 154 Å². The third-order valence-electron chi connectivity index (χ3n) is 12.9. The van der Waals surface area contributed by atoms with Crippen LogP contribution >= 0.6 is 0 Å². The largest absolute Gasteiger partial charge is 0.466 e. The fourth-order valence-corrected chi connectivity index (χ4v) is 8.55. The summed E-state index contributed by atoms with van der Waals surface area (Å²) in [6, 6.07) is -0.820. The fraction of sp³-hybridized carbons (Fsp3) is 0.925. The minimum Gasteiger partial charge on any atom is -0.466 e. The number of allylic oxidation sites excluding steroid dienone is 1. The standard InChI is InChI=1S/C53H101NO10/c1-3-5-7-9-11-13-15-16-20-23-27-31-35-39-46(56)45(44-63-53-52(61)51(60)50(59)47(43-55)64-53)54-48(57)40-36-32-28-24-21-17-18-22-26-30-34-38-42-62-49(58)41-37-33-29-25-19-14-12-10-8-6-4-2/h35,39,45-47,50-53,55-56,59-61H,3-34,36-38,40-44H2,1-2H3,(H,54,57)/b39-35+. The minimum atomic E-state index is -1.58. The zero-order valence-electron chi connectivity index (χ0n) is 41.3. The molecule has 0 radical (unpaired) electrons. The van der Waals surface area contributed by atoms with Gasteiger partial charge in [-0.25, -0.2) is 0 Å². The van der Waals surface area contributed by atoms with Gasteiger partial charge in [0, 0.05) is 12.8 Å². The predicted octanol–water partition coefficient (Wildman–Crippen LogP) is 11.2. The Kier molecular flexibility index (Phi) is 41.5. The Morgan fingerprint density at radius 3 is 1.45 bits per heavy atom. The van der Waals surface area contributed by atoms with Crippen molar-refractivity contribution in [3.05, 3.63) is 12.2 Å². The summed E-state index contributed by atoms with van der Waals surface area (Å²) >= 11 is 0. The van der Waals surface area contributed by atoms with E-state index < -0.39 is 49.5 Å². The van der Waals surface area contributed by atoms with Gasteiger partial charge in [-0.2, -0.15) is 0 Å². The Morgan fingerprint density at radius 1 is 0.562 bits per heavy atom. The zero-order chi connectivity index (χ0) is 46.7. The Morgan fingerprint density at radius 2 is 0.984 bits per heavy atom. The predicted molar refractivity (Wildman–Crippen MR) is 260 cm³/mol. The van der Waals surface area contributed by atoms with Crippen LogP contribution in [0.25, 0.3) is 0 Å². The van der Waals surface area contributed by atoms with Crippen LogP contribution in [0.15, 0.2) is 12.2 Å². The molecule has 0 bridgehead atoms. The van der Waals surface area contributed by atoms with Gasteiger partial charge in [0.05, 0.1) is 32.0 Å². The van der Waals surface area contributed by atoms with Crippen molar-refractivity contribution in [3.63, 3.8) is 0 Å². The third kappa shape index (κ3) is 33.8. The van der Waals surface area contributed by atoms with Crippen LogP contribution in [-0.4, -0.2) is 100 Å². The monoisotopic (exact) mass is 912 g/mol. The van der Waals surface area contributed by atoms with Gasteiger partial charge >= 0.3 is 5.97 Å². The number of nitrogens with one attached hydrogen (secondary N) is 1. The number of carbonyl (C=O) groups excluding carboxylic acids is 2. The quantitative estimate of drug-likeness (QED) is 0.0196. The number of aliphatic hydroxyl groups is 5. The van der Waals surface area contributed by atoms with E-state index in [1.54, 1.807) is 6.08 Å². The van der Waals surface area contributed by atoms with E-state index in [1.807, 2.05) is 6.08 Å². The van der Waals surface area contributed by atoms with Crippen LogP contribution in [0.2, 0.25) is 0 Å². The third-order valence-corrected chi connectivity index (χ3v) is 12.9. The molecule has 1 amide bonds. The molecule has 1 aliphatic heterocycles. The average molecular weight is 912 g/mol. The van der Waals surface area contributed by atoms with E-state index in [0.717, 1.165) is 70.6 Å². The maximum absolute atomic E-state index is 13.0. The second-order valence-electron chi connectivity index (χ2n) is 18.9. The van der Waals surface area contributed by atoms with E-state index in [-0.39, 0.29) is 18.5 Å². The summed E-state index contributed by atoms with van der Waals surface area (Å²) in [5.41, 5.74) is 0. The molecule has 1 aliphatic rings. The van der Waals surface area contributed by atoms with Crippen molar-refractivity contribution < 1.29 is 49.3 Å². The second kappa shape index (κ2) is 43.9. The molecule has 0 aromatic carbocycles. The van der Waals surface area contributed by atoms with Crippen LogP contribution in [0.4, 0.5) is 0 Å². The van der Waals surface area contributed by atoms with Crippen LogP contribution in [0.1, 0.15) is 251 Å². The van der Waals surface area contributed by atoms with Gasteiger partial charge in [0.25, 0.3) is 0 Å². The minimum absolute atomic E-state index is 0.0333. The number of unbranched alkanes of at least 4 members (excludes halogenated alkanes) is 32. The SMILES string of the molecule is CCCCCCCCCCCCC/C=C/C(O)C(COC1OC(CO)C(O)C(O)C1O)NC(=O)CCCCCCCCCCCCCCOC(=O)CCCCCCCCCCCCC. The van der Waals surface area contributed by atoms with Crippen molar-refractivity contribution in [1.29, 1.82) is 0 Å². The van der Waals surface area contributed by atoms with Gasteiger partial charge in [-0.1, -0.05) is 219 Å². The van der Waals surface area contributed by atoms with Crippen LogP contribution < -0.4 is 5.32 Å². The van der Waals surface area contributed by atoms with Gasteiger partial charge in [-0.3, -0.25) is 9.59 Å². The highest BCUT2D eigenvalue weighted by atomic mass is 16.7. The lowest BCUT2D eigenvalue weighted by Crippen LogP contribution is -2.60. The summed E-state index contributed by atoms with van der Waals surface area (Å²) < 4.78 is 16.7. The number of carbonyl (C=O) groups is 2. The first-order valence-corrected chi connectivity index (χ1v) is 27.0.